The lowest BCUT2D eigenvalue weighted by Gasteiger charge is -1.89. The van der Waals surface area contributed by atoms with Crippen LogP contribution in [0.1, 0.15) is 5.56 Å². The van der Waals surface area contributed by atoms with Gasteiger partial charge in [-0.3, -0.25) is 0 Å². The Bertz CT molecular complexity index is 353. The van der Waals surface area contributed by atoms with Crippen molar-refractivity contribution in [3.8, 4) is 0 Å². The van der Waals surface area contributed by atoms with Crippen LogP contribution in [0.4, 0.5) is 4.48 Å². The van der Waals surface area contributed by atoms with Crippen LogP contribution < -0.4 is 0 Å². The first-order chi connectivity index (χ1) is 5.29. The molecule has 11 heavy (non-hydrogen) atoms. The van der Waals surface area contributed by atoms with Gasteiger partial charge in [-0.1, -0.05) is 22.7 Å². The number of hydrogen-bond acceptors (Lipinski definition) is 0. The minimum Gasteiger partial charge on any atom is -0.186 e. The molecule has 1 aromatic carbocycles. The van der Waals surface area contributed by atoms with Crippen LogP contribution in [-0.2, 0) is 0 Å². The number of aryl methyl sites for hydroxylation is 1. The van der Waals surface area contributed by atoms with E-state index in [1.807, 2.05) is 25.1 Å². The number of fused-ring (bicyclic) bond motifs is 1. The first-order valence-electron chi connectivity index (χ1n) is 3.52. The van der Waals surface area contributed by atoms with Crippen LogP contribution in [0.5, 0.6) is 0 Å². The van der Waals surface area contributed by atoms with E-state index in [0.29, 0.717) is 10.3 Å². The lowest BCUT2D eigenvalue weighted by atomic mass is 10.2. The Hall–Kier alpha value is -1.31. The highest BCUT2D eigenvalue weighted by atomic mass is 19.2. The van der Waals surface area contributed by atoms with Gasteiger partial charge in [-0.25, -0.2) is 0 Å². The SMILES string of the molecule is Cc1cn(F)c2ccccc12. The third kappa shape index (κ3) is 0.827. The van der Waals surface area contributed by atoms with Crippen molar-refractivity contribution in [2.45, 2.75) is 6.92 Å². The molecule has 0 spiro atoms. The zero-order chi connectivity index (χ0) is 7.84. The molecule has 0 fully saturated rings. The van der Waals surface area contributed by atoms with Crippen molar-refractivity contribution in [3.63, 3.8) is 0 Å². The summed E-state index contributed by atoms with van der Waals surface area (Å²) in [5.74, 6) is 0. The Labute approximate surface area is 64.0 Å². The van der Waals surface area contributed by atoms with Gasteiger partial charge in [0.2, 0.25) is 0 Å². The molecule has 0 radical (unpaired) electrons. The average molecular weight is 149 g/mol. The van der Waals surface area contributed by atoms with Gasteiger partial charge >= 0.3 is 0 Å². The maximum Gasteiger partial charge on any atom is 0.0815 e. The quantitative estimate of drug-likeness (QED) is 0.542. The first kappa shape index (κ1) is 6.40. The molecule has 2 rings (SSSR count). The van der Waals surface area contributed by atoms with E-state index >= 15 is 0 Å². The van der Waals surface area contributed by atoms with E-state index in [9.17, 15) is 4.48 Å². The van der Waals surface area contributed by atoms with Gasteiger partial charge in [0.05, 0.1) is 5.52 Å². The normalized spacial score (nSPS) is 10.7. The predicted octanol–water partition coefficient (Wildman–Crippen LogP) is 2.68. The minimum atomic E-state index is 0.644. The lowest BCUT2D eigenvalue weighted by Crippen LogP contribution is -1.74. The zero-order valence-corrected chi connectivity index (χ0v) is 6.21. The van der Waals surface area contributed by atoms with E-state index in [1.165, 1.54) is 6.20 Å². The summed E-state index contributed by atoms with van der Waals surface area (Å²) < 4.78 is 12.9. The highest BCUT2D eigenvalue weighted by molar-refractivity contribution is 5.83. The van der Waals surface area contributed by atoms with Crippen LogP contribution in [0.2, 0.25) is 0 Å². The summed E-state index contributed by atoms with van der Waals surface area (Å²) in [6.45, 7) is 1.90. The fourth-order valence-electron chi connectivity index (χ4n) is 1.30. The number of nitrogens with zero attached hydrogens (tertiary/aromatic N) is 1. The molecule has 1 nitrogen and oxygen atoms in total. The maximum atomic E-state index is 12.9. The van der Waals surface area contributed by atoms with Crippen molar-refractivity contribution in [2.75, 3.05) is 0 Å². The van der Waals surface area contributed by atoms with Crippen molar-refractivity contribution in [3.05, 3.63) is 36.0 Å². The summed E-state index contributed by atoms with van der Waals surface area (Å²) in [5.41, 5.74) is 1.62. The molecule has 1 aromatic heterocycles. The zero-order valence-electron chi connectivity index (χ0n) is 6.21. The van der Waals surface area contributed by atoms with Crippen LogP contribution in [-0.4, -0.2) is 4.79 Å². The molecular weight excluding hydrogens is 141 g/mol. The highest BCUT2D eigenvalue weighted by Gasteiger charge is 2.01. The van der Waals surface area contributed by atoms with Gasteiger partial charge < -0.3 is 0 Å². The second kappa shape index (κ2) is 2.09. The fraction of sp³-hybridized carbons (Fsp3) is 0.111. The summed E-state index contributed by atoms with van der Waals surface area (Å²) in [6.07, 6.45) is 1.49. The Kier molecular flexibility index (Phi) is 1.22. The highest BCUT2D eigenvalue weighted by Crippen LogP contribution is 2.19. The van der Waals surface area contributed by atoms with E-state index in [0.717, 1.165) is 10.9 Å². The molecule has 0 aliphatic rings. The largest absolute Gasteiger partial charge is 0.186 e. The molecule has 1 heterocycles. The van der Waals surface area contributed by atoms with E-state index in [1.54, 1.807) is 6.07 Å². The third-order valence-electron chi connectivity index (χ3n) is 1.87. The van der Waals surface area contributed by atoms with Gasteiger partial charge in [0.25, 0.3) is 0 Å². The first-order valence-corrected chi connectivity index (χ1v) is 3.52. The van der Waals surface area contributed by atoms with Crippen LogP contribution >= 0.6 is 0 Å². The lowest BCUT2D eigenvalue weighted by molar-refractivity contribution is 0.387. The number of rotatable bonds is 0. The Morgan fingerprint density at radius 1 is 1.27 bits per heavy atom. The van der Waals surface area contributed by atoms with E-state index < -0.39 is 0 Å². The molecular formula is C9H8FN. The summed E-state index contributed by atoms with van der Waals surface area (Å²) in [4.78, 5) is 0.657. The predicted molar refractivity (Wildman–Crippen MR) is 43.2 cm³/mol. The summed E-state index contributed by atoms with van der Waals surface area (Å²) in [6, 6.07) is 7.43. The van der Waals surface area contributed by atoms with Crippen LogP contribution in [0.25, 0.3) is 10.9 Å². The van der Waals surface area contributed by atoms with Gasteiger partial charge in [-0.15, -0.1) is 0 Å². The van der Waals surface area contributed by atoms with Crippen LogP contribution in [0, 0.1) is 6.92 Å². The van der Waals surface area contributed by atoms with Crippen molar-refractivity contribution in [1.82, 2.24) is 4.79 Å². The molecule has 0 saturated heterocycles. The molecule has 56 valence electrons. The molecule has 0 bridgehead atoms. The molecule has 0 aliphatic heterocycles. The standard InChI is InChI=1S/C9H8FN/c1-7-6-11(10)9-5-3-2-4-8(7)9/h2-6H,1H3. The van der Waals surface area contributed by atoms with E-state index in [-0.39, 0.29) is 0 Å². The van der Waals surface area contributed by atoms with Gasteiger partial charge in [0.1, 0.15) is 0 Å². The van der Waals surface area contributed by atoms with Gasteiger partial charge in [-0.05, 0) is 18.6 Å². The second-order valence-electron chi connectivity index (χ2n) is 2.64. The number of para-hydroxylation sites is 1. The van der Waals surface area contributed by atoms with E-state index in [4.69, 9.17) is 0 Å². The smallest absolute Gasteiger partial charge is 0.0815 e. The van der Waals surface area contributed by atoms with E-state index in [2.05, 4.69) is 0 Å². The minimum absolute atomic E-state index is 0.644. The summed E-state index contributed by atoms with van der Waals surface area (Å²) in [7, 11) is 0. The third-order valence-corrected chi connectivity index (χ3v) is 1.87. The topological polar surface area (TPSA) is 4.93 Å². The molecule has 2 heteroatoms. The number of aromatic nitrogens is 1. The molecule has 0 unspecified atom stereocenters. The molecule has 2 aromatic rings. The van der Waals surface area contributed by atoms with Crippen molar-refractivity contribution in [1.29, 1.82) is 0 Å². The fourth-order valence-corrected chi connectivity index (χ4v) is 1.30. The van der Waals surface area contributed by atoms with Crippen molar-refractivity contribution >= 4 is 10.9 Å². The second-order valence-corrected chi connectivity index (χ2v) is 2.64. The number of halogens is 1. The molecule has 0 aliphatic carbocycles. The molecule has 0 N–H and O–H groups in total. The van der Waals surface area contributed by atoms with Gasteiger partial charge in [-0.2, -0.15) is 4.79 Å². The van der Waals surface area contributed by atoms with Gasteiger partial charge in [0.15, 0.2) is 0 Å². The monoisotopic (exact) mass is 149 g/mol. The van der Waals surface area contributed by atoms with Crippen LogP contribution in [0.3, 0.4) is 0 Å². The number of hydrogen-bond donors (Lipinski definition) is 0. The van der Waals surface area contributed by atoms with Crippen LogP contribution in [0.15, 0.2) is 30.5 Å². The molecule has 0 saturated carbocycles. The molecule has 0 amide bonds. The summed E-state index contributed by atoms with van der Waals surface area (Å²) >= 11 is 0. The summed E-state index contributed by atoms with van der Waals surface area (Å²) in [5, 5.41) is 0.981. The Morgan fingerprint density at radius 2 is 2.00 bits per heavy atom. The Balaban J connectivity index is 2.95. The van der Waals surface area contributed by atoms with Crippen molar-refractivity contribution in [2.24, 2.45) is 0 Å². The Morgan fingerprint density at radius 3 is 2.73 bits per heavy atom. The maximum absolute atomic E-state index is 12.9. The van der Waals surface area contributed by atoms with Gasteiger partial charge in [0, 0.05) is 11.6 Å². The average Bonchev–Trinajstić information content (AvgIpc) is 2.30. The molecule has 0 atom stereocenters. The van der Waals surface area contributed by atoms with Crippen molar-refractivity contribution < 1.29 is 4.48 Å². The number of benzene rings is 1.